The van der Waals surface area contributed by atoms with E-state index >= 15 is 0 Å². The van der Waals surface area contributed by atoms with Crippen LogP contribution in [-0.4, -0.2) is 53.8 Å². The Kier molecular flexibility index (Phi) is 8.18. The van der Waals surface area contributed by atoms with E-state index in [1.54, 1.807) is 36.5 Å². The van der Waals surface area contributed by atoms with Crippen LogP contribution >= 0.6 is 11.6 Å². The van der Waals surface area contributed by atoms with Gasteiger partial charge in [0.25, 0.3) is 0 Å². The van der Waals surface area contributed by atoms with Crippen LogP contribution in [0.5, 0.6) is 0 Å². The number of pyridine rings is 1. The third-order valence-electron chi connectivity index (χ3n) is 6.29. The Bertz CT molecular complexity index is 1360. The summed E-state index contributed by atoms with van der Waals surface area (Å²) in [5.74, 6) is 5.72. The van der Waals surface area contributed by atoms with Gasteiger partial charge in [-0.3, -0.25) is 9.69 Å². The van der Waals surface area contributed by atoms with Gasteiger partial charge in [-0.15, -0.1) is 0 Å². The first-order chi connectivity index (χ1) is 17.6. The number of aromatic nitrogens is 1. The number of nitrogens with two attached hydrogens (primary N) is 1. The third-order valence-corrected chi connectivity index (χ3v) is 6.62. The molecule has 2 heterocycles. The number of carbonyl (C=O) groups excluding carboxylic acids is 1. The molecular formula is C28H26ClF3N4O. The molecule has 1 aliphatic rings. The van der Waals surface area contributed by atoms with Crippen LogP contribution < -0.4 is 5.73 Å². The van der Waals surface area contributed by atoms with Crippen LogP contribution in [0.2, 0.25) is 5.02 Å². The molecule has 0 saturated carbocycles. The quantitative estimate of drug-likeness (QED) is 0.378. The highest BCUT2D eigenvalue weighted by molar-refractivity contribution is 6.31. The molecule has 0 spiro atoms. The second kappa shape index (κ2) is 11.3. The van der Waals surface area contributed by atoms with Crippen molar-refractivity contribution >= 4 is 23.2 Å². The van der Waals surface area contributed by atoms with Crippen molar-refractivity contribution in [1.82, 2.24) is 14.8 Å². The van der Waals surface area contributed by atoms with Crippen LogP contribution in [0.15, 0.2) is 54.7 Å². The summed E-state index contributed by atoms with van der Waals surface area (Å²) in [6, 6.07) is 12.2. The number of rotatable bonds is 5. The van der Waals surface area contributed by atoms with E-state index in [1.807, 2.05) is 11.9 Å². The summed E-state index contributed by atoms with van der Waals surface area (Å²) < 4.78 is 41.7. The average Bonchev–Trinajstić information content (AvgIpc) is 2.86. The Morgan fingerprint density at radius 2 is 1.78 bits per heavy atom. The zero-order valence-corrected chi connectivity index (χ0v) is 21.0. The van der Waals surface area contributed by atoms with Crippen molar-refractivity contribution < 1.29 is 18.0 Å². The van der Waals surface area contributed by atoms with E-state index < -0.39 is 11.7 Å². The van der Waals surface area contributed by atoms with E-state index in [1.165, 1.54) is 12.1 Å². The van der Waals surface area contributed by atoms with Gasteiger partial charge in [0.2, 0.25) is 0 Å². The summed E-state index contributed by atoms with van der Waals surface area (Å²) in [4.78, 5) is 21.1. The smallest absolute Gasteiger partial charge is 0.383 e. The fourth-order valence-electron chi connectivity index (χ4n) is 4.12. The van der Waals surface area contributed by atoms with Gasteiger partial charge in [-0.25, -0.2) is 4.98 Å². The number of hydrogen-bond acceptors (Lipinski definition) is 5. The summed E-state index contributed by atoms with van der Waals surface area (Å²) in [5.41, 5.74) is 6.86. The Hall–Kier alpha value is -3.38. The van der Waals surface area contributed by atoms with Crippen LogP contribution in [0.4, 0.5) is 19.0 Å². The minimum absolute atomic E-state index is 0.179. The molecule has 2 N–H and O–H groups in total. The van der Waals surface area contributed by atoms with Crippen molar-refractivity contribution in [2.24, 2.45) is 0 Å². The minimum Gasteiger partial charge on any atom is -0.383 e. The van der Waals surface area contributed by atoms with Crippen LogP contribution in [-0.2, 0) is 19.1 Å². The van der Waals surface area contributed by atoms with Gasteiger partial charge in [0.15, 0.2) is 5.78 Å². The van der Waals surface area contributed by atoms with Crippen LogP contribution in [0.1, 0.15) is 38.2 Å². The van der Waals surface area contributed by atoms with Gasteiger partial charge in [0, 0.05) is 56.5 Å². The number of halogens is 4. The SMILES string of the molecule is CN1CCN(Cc2ccc(CC(=O)c3ccc(Cl)c(C#Cc4cccnc4N)c3)cc2C(F)(F)F)CC1. The highest BCUT2D eigenvalue weighted by Gasteiger charge is 2.34. The number of anilines is 1. The molecule has 0 unspecified atom stereocenters. The Morgan fingerprint density at radius 1 is 1.05 bits per heavy atom. The first-order valence-corrected chi connectivity index (χ1v) is 12.1. The number of hydrogen-bond donors (Lipinski definition) is 1. The number of likely N-dealkylation sites (N-methyl/N-ethyl adjacent to an activating group) is 1. The van der Waals surface area contributed by atoms with E-state index in [0.717, 1.165) is 19.2 Å². The van der Waals surface area contributed by atoms with Crippen molar-refractivity contribution in [2.45, 2.75) is 19.1 Å². The van der Waals surface area contributed by atoms with E-state index in [0.29, 0.717) is 40.4 Å². The topological polar surface area (TPSA) is 62.5 Å². The molecule has 0 atom stereocenters. The number of ketones is 1. The molecule has 9 heteroatoms. The van der Waals surface area contributed by atoms with Crippen LogP contribution in [0.25, 0.3) is 0 Å². The van der Waals surface area contributed by atoms with Crippen LogP contribution in [0.3, 0.4) is 0 Å². The molecule has 1 aliphatic heterocycles. The first-order valence-electron chi connectivity index (χ1n) is 11.8. The number of nitrogens with zero attached hydrogens (tertiary/aromatic N) is 3. The van der Waals surface area contributed by atoms with E-state index in [2.05, 4.69) is 21.7 Å². The number of nitrogen functional groups attached to an aromatic ring is 1. The number of piperazine rings is 1. The summed E-state index contributed by atoms with van der Waals surface area (Å²) in [6.07, 6.45) is -3.14. The van der Waals surface area contributed by atoms with Gasteiger partial charge in [-0.05, 0) is 54.6 Å². The molecule has 0 bridgehead atoms. The lowest BCUT2D eigenvalue weighted by atomic mass is 9.97. The van der Waals surface area contributed by atoms with Gasteiger partial charge in [-0.2, -0.15) is 13.2 Å². The summed E-state index contributed by atoms with van der Waals surface area (Å²) in [6.45, 7) is 3.28. The molecule has 192 valence electrons. The van der Waals surface area contributed by atoms with Gasteiger partial charge in [0.1, 0.15) is 5.82 Å². The molecule has 0 aliphatic carbocycles. The Labute approximate surface area is 219 Å². The lowest BCUT2D eigenvalue weighted by Crippen LogP contribution is -2.44. The van der Waals surface area contributed by atoms with Gasteiger partial charge in [-0.1, -0.05) is 35.6 Å². The van der Waals surface area contributed by atoms with Gasteiger partial charge in [0.05, 0.1) is 16.1 Å². The highest BCUT2D eigenvalue weighted by atomic mass is 35.5. The van der Waals surface area contributed by atoms with Gasteiger partial charge >= 0.3 is 6.18 Å². The van der Waals surface area contributed by atoms with E-state index in [-0.39, 0.29) is 30.1 Å². The van der Waals surface area contributed by atoms with Crippen molar-refractivity contribution in [1.29, 1.82) is 0 Å². The maximum absolute atomic E-state index is 13.9. The molecule has 1 fully saturated rings. The maximum Gasteiger partial charge on any atom is 0.416 e. The summed E-state index contributed by atoms with van der Waals surface area (Å²) in [5, 5.41) is 0.346. The summed E-state index contributed by atoms with van der Waals surface area (Å²) in [7, 11) is 2.00. The molecule has 0 radical (unpaired) electrons. The molecule has 1 saturated heterocycles. The van der Waals surface area contributed by atoms with Gasteiger partial charge < -0.3 is 10.6 Å². The maximum atomic E-state index is 13.9. The fraction of sp³-hybridized carbons (Fsp3) is 0.286. The highest BCUT2D eigenvalue weighted by Crippen LogP contribution is 2.34. The molecule has 37 heavy (non-hydrogen) atoms. The van der Waals surface area contributed by atoms with E-state index in [4.69, 9.17) is 17.3 Å². The minimum atomic E-state index is -4.52. The molecular weight excluding hydrogens is 501 g/mol. The van der Waals surface area contributed by atoms with Crippen molar-refractivity contribution in [3.63, 3.8) is 0 Å². The molecule has 3 aromatic rings. The zero-order chi connectivity index (χ0) is 26.6. The molecule has 5 nitrogen and oxygen atoms in total. The lowest BCUT2D eigenvalue weighted by molar-refractivity contribution is -0.138. The molecule has 0 amide bonds. The molecule has 2 aromatic carbocycles. The largest absolute Gasteiger partial charge is 0.416 e. The number of benzene rings is 2. The first kappa shape index (κ1) is 26.7. The number of alkyl halides is 3. The molecule has 1 aromatic heterocycles. The normalized spacial score (nSPS) is 14.7. The van der Waals surface area contributed by atoms with Crippen molar-refractivity contribution in [3.05, 3.63) is 93.1 Å². The fourth-order valence-corrected chi connectivity index (χ4v) is 4.29. The van der Waals surface area contributed by atoms with Crippen molar-refractivity contribution in [2.75, 3.05) is 39.0 Å². The second-order valence-electron chi connectivity index (χ2n) is 9.05. The predicted molar refractivity (Wildman–Crippen MR) is 138 cm³/mol. The molecule has 4 rings (SSSR count). The average molecular weight is 527 g/mol. The standard InChI is InChI=1S/C28H26ClF3N4O/c1-35-11-13-36(14-12-35)18-23-5-4-19(15-24(23)28(30,31)32)16-26(37)22-8-9-25(29)21(17-22)7-6-20-3-2-10-34-27(20)33/h2-5,8-10,15,17H,11-14,16,18H2,1H3,(H2,33,34). The Morgan fingerprint density at radius 3 is 2.49 bits per heavy atom. The summed E-state index contributed by atoms with van der Waals surface area (Å²) >= 11 is 6.25. The number of carbonyl (C=O) groups is 1. The van der Waals surface area contributed by atoms with E-state index in [9.17, 15) is 18.0 Å². The third kappa shape index (κ3) is 6.89. The lowest BCUT2D eigenvalue weighted by Gasteiger charge is -2.33. The van der Waals surface area contributed by atoms with Crippen molar-refractivity contribution in [3.8, 4) is 11.8 Å². The Balaban J connectivity index is 1.53. The second-order valence-corrected chi connectivity index (χ2v) is 9.46. The monoisotopic (exact) mass is 526 g/mol. The van der Waals surface area contributed by atoms with Crippen LogP contribution in [0, 0.1) is 11.8 Å². The zero-order valence-electron chi connectivity index (χ0n) is 20.3. The predicted octanol–water partition coefficient (Wildman–Crippen LogP) is 4.91. The number of Topliss-reactive ketones (excluding diaryl/α,β-unsaturated/α-hetero) is 1.